The Hall–Kier alpha value is -3.85. The Labute approximate surface area is 233 Å². The van der Waals surface area contributed by atoms with Gasteiger partial charge in [-0.3, -0.25) is 13.9 Å². The molecule has 4 aromatic rings. The molecule has 1 aliphatic rings. The number of imidazole rings is 1. The molecule has 0 bridgehead atoms. The number of hydrogen-bond donors (Lipinski definition) is 6. The van der Waals surface area contributed by atoms with E-state index in [9.17, 15) is 24.7 Å². The molecule has 0 saturated carbocycles. The van der Waals surface area contributed by atoms with Gasteiger partial charge in [-0.2, -0.15) is 9.97 Å². The number of ether oxygens (including phenoxy) is 2. The zero-order chi connectivity index (χ0) is 29.5. The number of aliphatic hydroxyl groups is 2. The van der Waals surface area contributed by atoms with E-state index in [1.54, 1.807) is 12.1 Å². The molecule has 218 valence electrons. The number of nitrogens with two attached hydrogens (primary N) is 1. The summed E-state index contributed by atoms with van der Waals surface area (Å²) in [7, 11) is -2.75. The van der Waals surface area contributed by atoms with Gasteiger partial charge in [-0.05, 0) is 25.3 Å². The van der Waals surface area contributed by atoms with Crippen LogP contribution in [0.5, 0.6) is 5.88 Å². The Morgan fingerprint density at radius 1 is 1.27 bits per heavy atom. The average Bonchev–Trinajstić information content (AvgIpc) is 3.44. The van der Waals surface area contributed by atoms with Crippen LogP contribution in [0.15, 0.2) is 48.8 Å². The first kappa shape index (κ1) is 28.7. The molecule has 3 heterocycles. The van der Waals surface area contributed by atoms with Crippen molar-refractivity contribution in [3.05, 3.63) is 48.8 Å². The van der Waals surface area contributed by atoms with Crippen molar-refractivity contribution in [2.45, 2.75) is 43.9 Å². The number of carboxylic acid groups (broad SMARTS) is 1. The van der Waals surface area contributed by atoms with Crippen LogP contribution in [0, 0.1) is 0 Å². The number of aromatic nitrogens is 4. The molecule has 0 amide bonds. The van der Waals surface area contributed by atoms with Crippen molar-refractivity contribution in [1.82, 2.24) is 24.6 Å². The molecule has 0 spiro atoms. The summed E-state index contributed by atoms with van der Waals surface area (Å²) in [5, 5.41) is 38.7. The molecule has 7 N–H and O–H groups in total. The predicted octanol–water partition coefficient (Wildman–Crippen LogP) is 1.88. The smallest absolute Gasteiger partial charge is 0.366 e. The van der Waals surface area contributed by atoms with Crippen LogP contribution in [0.1, 0.15) is 20.1 Å². The third kappa shape index (κ3) is 5.43. The average molecular weight is 588 g/mol. The van der Waals surface area contributed by atoms with Crippen LogP contribution in [0.3, 0.4) is 0 Å². The number of nitrogens with zero attached hydrogens (tertiary/aromatic N) is 4. The highest BCUT2D eigenvalue weighted by Crippen LogP contribution is 2.47. The van der Waals surface area contributed by atoms with Crippen LogP contribution < -0.4 is 20.6 Å². The topological polar surface area (TPSA) is 216 Å². The summed E-state index contributed by atoms with van der Waals surface area (Å²) in [4.78, 5) is 24.0. The third-order valence-corrected chi connectivity index (χ3v) is 8.59. The number of fused-ring (bicyclic) bond motifs is 2. The van der Waals surface area contributed by atoms with Crippen molar-refractivity contribution in [2.75, 3.05) is 24.5 Å². The fourth-order valence-corrected chi connectivity index (χ4v) is 6.36. The van der Waals surface area contributed by atoms with E-state index in [-0.39, 0.29) is 23.0 Å². The SMILES string of the molecule is COc1nc(N)nc2c1ncn2C1O[C@H](COP(=O)(Nc2cccc3ccccc23)NC(C)C(=O)O)[C@@H](O)[C@@]1(C)O. The maximum Gasteiger partial charge on any atom is 0.366 e. The van der Waals surface area contributed by atoms with Gasteiger partial charge in [0.2, 0.25) is 11.8 Å². The van der Waals surface area contributed by atoms with Crippen molar-refractivity contribution < 1.29 is 38.7 Å². The Kier molecular flexibility index (Phi) is 7.59. The van der Waals surface area contributed by atoms with Gasteiger partial charge in [-0.25, -0.2) is 14.6 Å². The van der Waals surface area contributed by atoms with Gasteiger partial charge < -0.3 is 35.6 Å². The van der Waals surface area contributed by atoms with Gasteiger partial charge in [0, 0.05) is 5.39 Å². The second-order valence-electron chi connectivity index (χ2n) is 9.79. The minimum absolute atomic E-state index is 0.103. The summed E-state index contributed by atoms with van der Waals surface area (Å²) in [5.41, 5.74) is 4.79. The largest absolute Gasteiger partial charge is 0.480 e. The number of methoxy groups -OCH3 is 1. The van der Waals surface area contributed by atoms with Gasteiger partial charge in [0.25, 0.3) is 0 Å². The lowest BCUT2D eigenvalue weighted by Crippen LogP contribution is -2.44. The number of carbonyl (C=O) groups is 1. The quantitative estimate of drug-likeness (QED) is 0.146. The Morgan fingerprint density at radius 2 is 2.00 bits per heavy atom. The van der Waals surface area contributed by atoms with E-state index in [0.29, 0.717) is 5.69 Å². The minimum atomic E-state index is -4.14. The number of nitrogens with one attached hydrogen (secondary N) is 2. The predicted molar refractivity (Wildman–Crippen MR) is 148 cm³/mol. The van der Waals surface area contributed by atoms with E-state index >= 15 is 0 Å². The van der Waals surface area contributed by atoms with Crippen molar-refractivity contribution in [3.8, 4) is 5.88 Å². The summed E-state index contributed by atoms with van der Waals surface area (Å²) in [6, 6.07) is 11.4. The molecule has 5 rings (SSSR count). The van der Waals surface area contributed by atoms with Crippen LogP contribution in [0.25, 0.3) is 21.9 Å². The van der Waals surface area contributed by atoms with E-state index in [2.05, 4.69) is 25.1 Å². The highest BCUT2D eigenvalue weighted by Gasteiger charge is 2.54. The zero-order valence-corrected chi connectivity index (χ0v) is 23.2. The number of anilines is 2. The summed E-state index contributed by atoms with van der Waals surface area (Å²) in [6.45, 7) is 2.18. The monoisotopic (exact) mass is 587 g/mol. The first-order chi connectivity index (χ1) is 19.4. The van der Waals surface area contributed by atoms with Gasteiger partial charge in [-0.1, -0.05) is 36.4 Å². The highest BCUT2D eigenvalue weighted by molar-refractivity contribution is 7.58. The standard InChI is InChI=1S/C25H30N7O8P/c1-13(22(34)35)30-41(37,31-16-10-6-8-14-7-4-5-9-15(14)16)39-11-17-19(33)25(2,36)23(40-17)32-12-27-18-20(32)28-24(26)29-21(18)38-3/h4-10,12-13,17,19,23,33,36H,11H2,1-3H3,(H,34,35)(H2,26,28,29)(H2,30,31,37)/t13?,17-,19-,23?,25-,41?/m1/s1. The number of nitrogen functional groups attached to an aromatic ring is 1. The van der Waals surface area contributed by atoms with Gasteiger partial charge in [0.05, 0.1) is 25.7 Å². The van der Waals surface area contributed by atoms with Gasteiger partial charge in [-0.15, -0.1) is 0 Å². The maximum atomic E-state index is 14.0. The fraction of sp³-hybridized carbons (Fsp3) is 0.360. The second-order valence-corrected chi connectivity index (χ2v) is 11.6. The highest BCUT2D eigenvalue weighted by atomic mass is 31.2. The molecule has 15 nitrogen and oxygen atoms in total. The van der Waals surface area contributed by atoms with E-state index < -0.39 is 50.3 Å². The molecule has 2 aromatic carbocycles. The number of benzene rings is 2. The Morgan fingerprint density at radius 3 is 2.73 bits per heavy atom. The minimum Gasteiger partial charge on any atom is -0.480 e. The molecule has 41 heavy (non-hydrogen) atoms. The second kappa shape index (κ2) is 10.9. The van der Waals surface area contributed by atoms with Gasteiger partial charge in [0.1, 0.15) is 23.9 Å². The fourth-order valence-electron chi connectivity index (χ4n) is 4.67. The number of hydrogen-bond acceptors (Lipinski definition) is 11. The lowest BCUT2D eigenvalue weighted by atomic mass is 9.96. The molecule has 16 heteroatoms. The van der Waals surface area contributed by atoms with Crippen molar-refractivity contribution in [2.24, 2.45) is 0 Å². The number of carboxylic acids is 1. The Balaban J connectivity index is 1.42. The van der Waals surface area contributed by atoms with Crippen molar-refractivity contribution >= 4 is 47.2 Å². The van der Waals surface area contributed by atoms with Gasteiger partial charge in [0.15, 0.2) is 17.4 Å². The lowest BCUT2D eigenvalue weighted by Gasteiger charge is -2.27. The third-order valence-electron chi connectivity index (χ3n) is 6.82. The molecule has 1 fully saturated rings. The van der Waals surface area contributed by atoms with Crippen LogP contribution in [0.2, 0.25) is 0 Å². The summed E-state index contributed by atoms with van der Waals surface area (Å²) >= 11 is 0. The van der Waals surface area contributed by atoms with Crippen molar-refractivity contribution in [1.29, 1.82) is 0 Å². The molecule has 3 unspecified atom stereocenters. The normalized spacial score (nSPS) is 24.8. The number of rotatable bonds is 10. The molecule has 1 aliphatic heterocycles. The van der Waals surface area contributed by atoms with E-state index in [4.69, 9.17) is 19.7 Å². The Bertz CT molecular complexity index is 1640. The van der Waals surface area contributed by atoms with Crippen LogP contribution in [-0.2, 0) is 18.6 Å². The lowest BCUT2D eigenvalue weighted by molar-refractivity contribution is -0.138. The first-order valence-corrected chi connectivity index (χ1v) is 14.2. The molecular formula is C25H30N7O8P. The van der Waals surface area contributed by atoms with Crippen LogP contribution >= 0.6 is 7.67 Å². The van der Waals surface area contributed by atoms with Crippen LogP contribution in [0.4, 0.5) is 11.6 Å². The molecular weight excluding hydrogens is 557 g/mol. The summed E-state index contributed by atoms with van der Waals surface area (Å²) < 4.78 is 32.3. The number of aliphatic hydroxyl groups excluding tert-OH is 1. The van der Waals surface area contributed by atoms with E-state index in [0.717, 1.165) is 10.8 Å². The summed E-state index contributed by atoms with van der Waals surface area (Å²) in [5.74, 6) is -1.24. The van der Waals surface area contributed by atoms with Crippen molar-refractivity contribution in [3.63, 3.8) is 0 Å². The van der Waals surface area contributed by atoms with Crippen LogP contribution in [-0.4, -0.2) is 78.4 Å². The first-order valence-electron chi connectivity index (χ1n) is 12.5. The zero-order valence-electron chi connectivity index (χ0n) is 22.3. The molecule has 1 saturated heterocycles. The maximum absolute atomic E-state index is 14.0. The molecule has 0 radical (unpaired) electrons. The molecule has 0 aliphatic carbocycles. The number of aliphatic carboxylic acids is 1. The molecule has 6 atom stereocenters. The van der Waals surface area contributed by atoms with E-state index in [1.165, 1.54) is 31.9 Å². The molecule has 2 aromatic heterocycles. The van der Waals surface area contributed by atoms with Gasteiger partial charge >= 0.3 is 13.6 Å². The summed E-state index contributed by atoms with van der Waals surface area (Å²) in [6.07, 6.45) is -2.60. The van der Waals surface area contributed by atoms with E-state index in [1.807, 2.05) is 30.3 Å².